The molecule has 0 amide bonds. The number of carboxylic acids is 1. The lowest BCUT2D eigenvalue weighted by Crippen LogP contribution is -2.43. The van der Waals surface area contributed by atoms with Crippen LogP contribution in [0.25, 0.3) is 0 Å². The number of rotatable bonds is 1. The van der Waals surface area contributed by atoms with Gasteiger partial charge in [-0.2, -0.15) is 0 Å². The van der Waals surface area contributed by atoms with E-state index in [-0.39, 0.29) is 6.04 Å². The molecule has 0 radical (unpaired) electrons. The van der Waals surface area contributed by atoms with Crippen molar-refractivity contribution in [2.45, 2.75) is 25.4 Å². The molecule has 0 saturated heterocycles. The summed E-state index contributed by atoms with van der Waals surface area (Å²) in [6.45, 7) is 1.91. The predicted octanol–water partition coefficient (Wildman–Crippen LogP) is 0.0696. The maximum Gasteiger partial charge on any atom is 0.321 e. The lowest BCUT2D eigenvalue weighted by molar-refractivity contribution is -0.139. The van der Waals surface area contributed by atoms with Gasteiger partial charge in [0.25, 0.3) is 0 Å². The minimum absolute atomic E-state index is 0.0103. The van der Waals surface area contributed by atoms with Gasteiger partial charge < -0.3 is 10.1 Å². The van der Waals surface area contributed by atoms with Gasteiger partial charge in [-0.1, -0.05) is 0 Å². The zero-order valence-corrected chi connectivity index (χ0v) is 7.24. The lowest BCUT2D eigenvalue weighted by Gasteiger charge is -2.24. The molecule has 0 saturated carbocycles. The summed E-state index contributed by atoms with van der Waals surface area (Å²) in [5, 5.41) is 11.8. The molecule has 3 N–H and O–H groups in total. The average molecular weight is 181 g/mol. The highest BCUT2D eigenvalue weighted by Gasteiger charge is 2.29. The fourth-order valence-corrected chi connectivity index (χ4v) is 1.67. The summed E-state index contributed by atoms with van der Waals surface area (Å²) in [4.78, 5) is 17.8. The van der Waals surface area contributed by atoms with Gasteiger partial charge in [-0.3, -0.25) is 10.1 Å². The molecule has 2 rings (SSSR count). The molecular formula is C8H11N3O2. The first-order chi connectivity index (χ1) is 6.18. The Hall–Kier alpha value is -1.36. The van der Waals surface area contributed by atoms with E-state index in [1.54, 1.807) is 6.33 Å². The van der Waals surface area contributed by atoms with Gasteiger partial charge in [-0.05, 0) is 6.92 Å². The van der Waals surface area contributed by atoms with E-state index < -0.39 is 12.0 Å². The summed E-state index contributed by atoms with van der Waals surface area (Å²) < 4.78 is 0. The van der Waals surface area contributed by atoms with E-state index >= 15 is 0 Å². The van der Waals surface area contributed by atoms with Crippen LogP contribution in [-0.2, 0) is 11.2 Å². The molecule has 2 atom stereocenters. The number of nitrogens with zero attached hydrogens (tertiary/aromatic N) is 1. The van der Waals surface area contributed by atoms with Gasteiger partial charge in [0, 0.05) is 18.2 Å². The Morgan fingerprint density at radius 3 is 3.23 bits per heavy atom. The SMILES string of the molecule is C[C@H]1N[C@@H](C(=O)O)Cc2[nH]cnc21. The molecule has 1 aromatic rings. The van der Waals surface area contributed by atoms with Gasteiger partial charge in [0.1, 0.15) is 6.04 Å². The first kappa shape index (κ1) is 8.25. The molecule has 5 heteroatoms. The number of fused-ring (bicyclic) bond motifs is 1. The van der Waals surface area contributed by atoms with Gasteiger partial charge in [0.15, 0.2) is 0 Å². The van der Waals surface area contributed by atoms with Crippen LogP contribution >= 0.6 is 0 Å². The monoisotopic (exact) mass is 181 g/mol. The molecule has 13 heavy (non-hydrogen) atoms. The summed E-state index contributed by atoms with van der Waals surface area (Å²) in [6, 6.07) is -0.487. The van der Waals surface area contributed by atoms with Crippen LogP contribution in [0.2, 0.25) is 0 Å². The number of H-pyrrole nitrogens is 1. The Kier molecular flexibility index (Phi) is 1.81. The van der Waals surface area contributed by atoms with Crippen molar-refractivity contribution in [1.82, 2.24) is 15.3 Å². The third kappa shape index (κ3) is 1.31. The van der Waals surface area contributed by atoms with Crippen molar-refractivity contribution >= 4 is 5.97 Å². The molecule has 1 aliphatic heterocycles. The molecule has 0 aliphatic carbocycles. The van der Waals surface area contributed by atoms with Gasteiger partial charge in [-0.25, -0.2) is 4.98 Å². The van der Waals surface area contributed by atoms with Gasteiger partial charge in [0.05, 0.1) is 12.0 Å². The van der Waals surface area contributed by atoms with Crippen LogP contribution in [0.5, 0.6) is 0 Å². The van der Waals surface area contributed by atoms with E-state index in [0.717, 1.165) is 11.4 Å². The highest BCUT2D eigenvalue weighted by atomic mass is 16.4. The van der Waals surface area contributed by atoms with Crippen LogP contribution in [0.3, 0.4) is 0 Å². The molecule has 5 nitrogen and oxygen atoms in total. The standard InChI is InChI=1S/C8H11N3O2/c1-4-7-5(9-3-10-7)2-6(11-4)8(12)13/h3-4,6,11H,2H2,1H3,(H,9,10)(H,12,13)/t4-,6-/m1/s1. The molecule has 2 heterocycles. The number of aliphatic carboxylic acids is 1. The molecule has 0 unspecified atom stereocenters. The molecule has 70 valence electrons. The van der Waals surface area contributed by atoms with Crippen molar-refractivity contribution in [3.8, 4) is 0 Å². The molecule has 0 spiro atoms. The first-order valence-electron chi connectivity index (χ1n) is 4.19. The van der Waals surface area contributed by atoms with Crippen LogP contribution in [0.15, 0.2) is 6.33 Å². The van der Waals surface area contributed by atoms with Gasteiger partial charge in [0.2, 0.25) is 0 Å². The summed E-state index contributed by atoms with van der Waals surface area (Å²) in [5.41, 5.74) is 1.86. The second-order valence-electron chi connectivity index (χ2n) is 3.25. The number of carbonyl (C=O) groups is 1. The second-order valence-corrected chi connectivity index (χ2v) is 3.25. The zero-order chi connectivity index (χ0) is 9.42. The summed E-state index contributed by atoms with van der Waals surface area (Å²) in [5.74, 6) is -0.813. The minimum atomic E-state index is -0.813. The van der Waals surface area contributed by atoms with Crippen molar-refractivity contribution < 1.29 is 9.90 Å². The topological polar surface area (TPSA) is 78.0 Å². The van der Waals surface area contributed by atoms with E-state index in [0.29, 0.717) is 6.42 Å². The number of hydrogen-bond acceptors (Lipinski definition) is 3. The van der Waals surface area contributed by atoms with E-state index in [9.17, 15) is 4.79 Å². The quantitative estimate of drug-likeness (QED) is 0.573. The Morgan fingerprint density at radius 2 is 2.54 bits per heavy atom. The normalized spacial score (nSPS) is 26.8. The maximum absolute atomic E-state index is 10.7. The fraction of sp³-hybridized carbons (Fsp3) is 0.500. The molecule has 1 aromatic heterocycles. The minimum Gasteiger partial charge on any atom is -0.480 e. The van der Waals surface area contributed by atoms with E-state index in [1.165, 1.54) is 0 Å². The van der Waals surface area contributed by atoms with Crippen molar-refractivity contribution in [2.24, 2.45) is 0 Å². The number of imidazole rings is 1. The van der Waals surface area contributed by atoms with Crippen molar-refractivity contribution in [3.05, 3.63) is 17.7 Å². The van der Waals surface area contributed by atoms with Crippen molar-refractivity contribution in [1.29, 1.82) is 0 Å². The highest BCUT2D eigenvalue weighted by Crippen LogP contribution is 2.21. The second kappa shape index (κ2) is 2.85. The molecule has 0 bridgehead atoms. The Balaban J connectivity index is 2.28. The number of aromatic amines is 1. The van der Waals surface area contributed by atoms with Gasteiger partial charge in [-0.15, -0.1) is 0 Å². The predicted molar refractivity (Wildman–Crippen MR) is 45.3 cm³/mol. The number of hydrogen-bond donors (Lipinski definition) is 3. The molecular weight excluding hydrogens is 170 g/mol. The largest absolute Gasteiger partial charge is 0.480 e. The Bertz CT molecular complexity index is 334. The van der Waals surface area contributed by atoms with Crippen LogP contribution in [0, 0.1) is 0 Å². The maximum atomic E-state index is 10.7. The van der Waals surface area contributed by atoms with Crippen LogP contribution in [0.1, 0.15) is 24.4 Å². The molecule has 0 fully saturated rings. The fourth-order valence-electron chi connectivity index (χ4n) is 1.67. The molecule has 0 aromatic carbocycles. The number of aromatic nitrogens is 2. The Labute approximate surface area is 75.2 Å². The van der Waals surface area contributed by atoms with E-state index in [1.807, 2.05) is 6.92 Å². The van der Waals surface area contributed by atoms with Crippen LogP contribution in [0.4, 0.5) is 0 Å². The van der Waals surface area contributed by atoms with E-state index in [4.69, 9.17) is 5.11 Å². The van der Waals surface area contributed by atoms with Crippen LogP contribution in [-0.4, -0.2) is 27.1 Å². The Morgan fingerprint density at radius 1 is 1.77 bits per heavy atom. The number of nitrogens with one attached hydrogen (secondary N) is 2. The smallest absolute Gasteiger partial charge is 0.321 e. The highest BCUT2D eigenvalue weighted by molar-refractivity contribution is 5.74. The zero-order valence-electron chi connectivity index (χ0n) is 7.24. The van der Waals surface area contributed by atoms with Crippen molar-refractivity contribution in [3.63, 3.8) is 0 Å². The summed E-state index contributed by atoms with van der Waals surface area (Å²) in [7, 11) is 0. The lowest BCUT2D eigenvalue weighted by atomic mass is 10.0. The third-order valence-corrected chi connectivity index (χ3v) is 2.32. The average Bonchev–Trinajstić information content (AvgIpc) is 2.51. The van der Waals surface area contributed by atoms with E-state index in [2.05, 4.69) is 15.3 Å². The third-order valence-electron chi connectivity index (χ3n) is 2.32. The first-order valence-corrected chi connectivity index (χ1v) is 4.19. The van der Waals surface area contributed by atoms with Crippen molar-refractivity contribution in [2.75, 3.05) is 0 Å². The van der Waals surface area contributed by atoms with Gasteiger partial charge >= 0.3 is 5.97 Å². The summed E-state index contributed by atoms with van der Waals surface area (Å²) in [6.07, 6.45) is 2.09. The molecule has 1 aliphatic rings. The summed E-state index contributed by atoms with van der Waals surface area (Å²) >= 11 is 0. The van der Waals surface area contributed by atoms with Crippen LogP contribution < -0.4 is 5.32 Å². The number of carboxylic acid groups (broad SMARTS) is 1.